The second-order valence-electron chi connectivity index (χ2n) is 3.74. The lowest BCUT2D eigenvalue weighted by Crippen LogP contribution is -2.11. The topological polar surface area (TPSA) is 79.3 Å². The molecule has 2 aromatic heterocycles. The van der Waals surface area contributed by atoms with Crippen molar-refractivity contribution in [1.82, 2.24) is 4.98 Å². The van der Waals surface area contributed by atoms with Crippen LogP contribution in [-0.2, 0) is 0 Å². The van der Waals surface area contributed by atoms with E-state index in [1.54, 1.807) is 12.3 Å². The molecule has 0 aromatic carbocycles. The molecule has 0 aliphatic rings. The Balaban J connectivity index is 2.15. The van der Waals surface area contributed by atoms with E-state index in [1.165, 1.54) is 12.1 Å². The molecule has 0 unspecified atom stereocenters. The van der Waals surface area contributed by atoms with Crippen molar-refractivity contribution in [2.24, 2.45) is 0 Å². The van der Waals surface area contributed by atoms with E-state index in [9.17, 15) is 9.59 Å². The summed E-state index contributed by atoms with van der Waals surface area (Å²) < 4.78 is 0.856. The Morgan fingerprint density at radius 3 is 2.63 bits per heavy atom. The van der Waals surface area contributed by atoms with Gasteiger partial charge in [0.25, 0.3) is 5.91 Å². The highest BCUT2D eigenvalue weighted by molar-refractivity contribution is 9.10. The summed E-state index contributed by atoms with van der Waals surface area (Å²) in [4.78, 5) is 27.2. The van der Waals surface area contributed by atoms with Gasteiger partial charge >= 0.3 is 5.97 Å². The second kappa shape index (κ2) is 5.50. The Kier molecular flexibility index (Phi) is 3.96. The normalized spacial score (nSPS) is 10.2. The third-order valence-electron chi connectivity index (χ3n) is 2.33. The smallest absolute Gasteiger partial charge is 0.345 e. The molecule has 0 radical (unpaired) electrons. The Morgan fingerprint density at radius 1 is 1.37 bits per heavy atom. The molecule has 0 atom stereocenters. The van der Waals surface area contributed by atoms with Crippen LogP contribution in [0.4, 0.5) is 5.82 Å². The van der Waals surface area contributed by atoms with E-state index in [0.717, 1.165) is 21.4 Å². The van der Waals surface area contributed by atoms with E-state index in [2.05, 4.69) is 26.2 Å². The van der Waals surface area contributed by atoms with Gasteiger partial charge in [-0.15, -0.1) is 11.3 Å². The minimum atomic E-state index is -1.04. The van der Waals surface area contributed by atoms with Gasteiger partial charge in [0.1, 0.15) is 10.7 Å². The van der Waals surface area contributed by atoms with Gasteiger partial charge in [0, 0.05) is 10.7 Å². The molecule has 0 spiro atoms. The number of anilines is 1. The second-order valence-corrected chi connectivity index (χ2v) is 5.68. The van der Waals surface area contributed by atoms with Crippen LogP contribution in [0.15, 0.2) is 28.9 Å². The van der Waals surface area contributed by atoms with Crippen molar-refractivity contribution in [1.29, 1.82) is 0 Å². The fraction of sp³-hybridized carbons (Fsp3) is 0.0833. The summed E-state index contributed by atoms with van der Waals surface area (Å²) in [6.07, 6.45) is 1.60. The molecule has 0 bridgehead atoms. The van der Waals surface area contributed by atoms with Crippen LogP contribution < -0.4 is 5.32 Å². The molecule has 2 aromatic rings. The summed E-state index contributed by atoms with van der Waals surface area (Å²) in [6, 6.07) is 4.62. The first-order valence-electron chi connectivity index (χ1n) is 5.24. The number of aromatic nitrogens is 1. The number of carbonyl (C=O) groups is 2. The number of amides is 1. The molecule has 2 rings (SSSR count). The van der Waals surface area contributed by atoms with E-state index in [-0.39, 0.29) is 10.8 Å². The summed E-state index contributed by atoms with van der Waals surface area (Å²) in [7, 11) is 0. The number of thiophene rings is 1. The number of carboxylic acid groups (broad SMARTS) is 1. The molecule has 1 amide bonds. The Labute approximate surface area is 121 Å². The molecule has 0 aliphatic heterocycles. The van der Waals surface area contributed by atoms with Crippen molar-refractivity contribution >= 4 is 45.0 Å². The van der Waals surface area contributed by atoms with Crippen LogP contribution in [0, 0.1) is 6.92 Å². The van der Waals surface area contributed by atoms with Gasteiger partial charge in [0.2, 0.25) is 0 Å². The third kappa shape index (κ3) is 3.18. The average molecular weight is 341 g/mol. The van der Waals surface area contributed by atoms with Crippen LogP contribution in [0.1, 0.15) is 24.9 Å². The Morgan fingerprint density at radius 2 is 2.05 bits per heavy atom. The van der Waals surface area contributed by atoms with Gasteiger partial charge in [-0.3, -0.25) is 4.79 Å². The number of carbonyl (C=O) groups excluding carboxylic acids is 1. The molecule has 0 saturated carbocycles. The van der Waals surface area contributed by atoms with E-state index in [0.29, 0.717) is 10.7 Å². The van der Waals surface area contributed by atoms with Gasteiger partial charge in [0.15, 0.2) is 0 Å². The molecular weight excluding hydrogens is 332 g/mol. The zero-order valence-electron chi connectivity index (χ0n) is 9.81. The van der Waals surface area contributed by atoms with E-state index in [1.807, 2.05) is 6.92 Å². The number of rotatable bonds is 3. The van der Waals surface area contributed by atoms with E-state index in [4.69, 9.17) is 5.11 Å². The van der Waals surface area contributed by atoms with E-state index >= 15 is 0 Å². The first-order valence-corrected chi connectivity index (χ1v) is 6.85. The number of carboxylic acids is 1. The summed E-state index contributed by atoms with van der Waals surface area (Å²) in [5.74, 6) is -0.982. The van der Waals surface area contributed by atoms with Crippen molar-refractivity contribution in [3.63, 3.8) is 0 Å². The highest BCUT2D eigenvalue weighted by Gasteiger charge is 2.13. The molecule has 7 heteroatoms. The van der Waals surface area contributed by atoms with Crippen LogP contribution in [0.5, 0.6) is 0 Å². The lowest BCUT2D eigenvalue weighted by molar-refractivity contribution is 0.0702. The molecule has 98 valence electrons. The SMILES string of the molecule is Cc1cc(NC(=O)c2ccc(C(=O)O)s2)ncc1Br. The van der Waals surface area contributed by atoms with Crippen molar-refractivity contribution in [3.8, 4) is 0 Å². The molecule has 0 fully saturated rings. The number of hydrogen-bond acceptors (Lipinski definition) is 4. The van der Waals surface area contributed by atoms with Gasteiger partial charge < -0.3 is 10.4 Å². The van der Waals surface area contributed by atoms with Crippen LogP contribution in [-0.4, -0.2) is 22.0 Å². The zero-order chi connectivity index (χ0) is 14.0. The van der Waals surface area contributed by atoms with Gasteiger partial charge in [-0.2, -0.15) is 0 Å². The largest absolute Gasteiger partial charge is 0.477 e. The molecular formula is C12H9BrN2O3S. The van der Waals surface area contributed by atoms with Crippen molar-refractivity contribution in [2.45, 2.75) is 6.92 Å². The van der Waals surface area contributed by atoms with Crippen molar-refractivity contribution < 1.29 is 14.7 Å². The number of aromatic carboxylic acids is 1. The summed E-state index contributed by atoms with van der Waals surface area (Å²) in [5.41, 5.74) is 0.947. The van der Waals surface area contributed by atoms with Gasteiger partial charge in [0.05, 0.1) is 4.88 Å². The Hall–Kier alpha value is -1.73. The summed E-state index contributed by atoms with van der Waals surface area (Å²) in [5, 5.41) is 11.4. The highest BCUT2D eigenvalue weighted by atomic mass is 79.9. The van der Waals surface area contributed by atoms with Gasteiger partial charge in [-0.25, -0.2) is 9.78 Å². The standard InChI is InChI=1S/C12H9BrN2O3S/c1-6-4-10(14-5-7(6)13)15-11(16)8-2-3-9(19-8)12(17)18/h2-5H,1H3,(H,17,18)(H,14,15,16). The van der Waals surface area contributed by atoms with Gasteiger partial charge in [-0.1, -0.05) is 0 Å². The van der Waals surface area contributed by atoms with E-state index < -0.39 is 5.97 Å². The number of nitrogens with zero attached hydrogens (tertiary/aromatic N) is 1. The first kappa shape index (κ1) is 13.7. The van der Waals surface area contributed by atoms with Crippen LogP contribution in [0.3, 0.4) is 0 Å². The Bertz CT molecular complexity index is 654. The molecule has 0 aliphatic carbocycles. The maximum Gasteiger partial charge on any atom is 0.345 e. The number of pyridine rings is 1. The van der Waals surface area contributed by atoms with Crippen LogP contribution in [0.25, 0.3) is 0 Å². The molecule has 2 N–H and O–H groups in total. The van der Waals surface area contributed by atoms with Gasteiger partial charge in [-0.05, 0) is 46.6 Å². The minimum Gasteiger partial charge on any atom is -0.477 e. The summed E-state index contributed by atoms with van der Waals surface area (Å²) >= 11 is 4.25. The average Bonchev–Trinajstić information content (AvgIpc) is 2.83. The number of nitrogens with one attached hydrogen (secondary N) is 1. The predicted molar refractivity (Wildman–Crippen MR) is 75.9 cm³/mol. The minimum absolute atomic E-state index is 0.130. The molecule has 0 saturated heterocycles. The fourth-order valence-electron chi connectivity index (χ4n) is 1.36. The summed E-state index contributed by atoms with van der Waals surface area (Å²) in [6.45, 7) is 1.88. The number of aryl methyl sites for hydroxylation is 1. The van der Waals surface area contributed by atoms with Crippen molar-refractivity contribution in [3.05, 3.63) is 44.2 Å². The maximum absolute atomic E-state index is 11.9. The predicted octanol–water partition coefficient (Wildman–Crippen LogP) is 3.16. The highest BCUT2D eigenvalue weighted by Crippen LogP contribution is 2.20. The first-order chi connectivity index (χ1) is 8.97. The fourth-order valence-corrected chi connectivity index (χ4v) is 2.32. The zero-order valence-corrected chi connectivity index (χ0v) is 12.2. The molecule has 19 heavy (non-hydrogen) atoms. The monoisotopic (exact) mass is 340 g/mol. The van der Waals surface area contributed by atoms with Crippen LogP contribution in [0.2, 0.25) is 0 Å². The quantitative estimate of drug-likeness (QED) is 0.899. The lowest BCUT2D eigenvalue weighted by atomic mass is 10.3. The lowest BCUT2D eigenvalue weighted by Gasteiger charge is -2.04. The van der Waals surface area contributed by atoms with Crippen molar-refractivity contribution in [2.75, 3.05) is 5.32 Å². The third-order valence-corrected chi connectivity index (χ3v) is 4.23. The van der Waals surface area contributed by atoms with Crippen LogP contribution >= 0.6 is 27.3 Å². The number of hydrogen-bond donors (Lipinski definition) is 2. The maximum atomic E-state index is 11.9. The molecule has 2 heterocycles. The molecule has 5 nitrogen and oxygen atoms in total. The number of halogens is 1.